The van der Waals surface area contributed by atoms with Crippen LogP contribution >= 0.6 is 0 Å². The average Bonchev–Trinajstić information content (AvgIpc) is 3.39. The maximum Gasteiger partial charge on any atom is 0.266 e. The van der Waals surface area contributed by atoms with Gasteiger partial charge < -0.3 is 14.6 Å². The van der Waals surface area contributed by atoms with Crippen molar-refractivity contribution in [3.8, 4) is 17.2 Å². The van der Waals surface area contributed by atoms with Crippen molar-refractivity contribution in [2.45, 2.75) is 25.5 Å². The van der Waals surface area contributed by atoms with Crippen LogP contribution in [0.5, 0.6) is 17.2 Å². The molecule has 0 radical (unpaired) electrons. The number of methoxy groups -OCH3 is 1. The third kappa shape index (κ3) is 3.85. The number of rotatable bonds is 7. The molecule has 5 rings (SSSR count). The topological polar surface area (TPSA) is 88.5 Å². The molecule has 8 nitrogen and oxygen atoms in total. The van der Waals surface area contributed by atoms with Gasteiger partial charge in [-0.3, -0.25) is 14.4 Å². The van der Waals surface area contributed by atoms with Crippen LogP contribution in [0.15, 0.2) is 72.8 Å². The third-order valence-corrected chi connectivity index (χ3v) is 6.26. The fraction of sp³-hybridized carbons (Fsp3) is 0.259. The minimum Gasteiger partial charge on any atom is -0.504 e. The molecule has 8 heteroatoms. The number of para-hydroxylation sites is 2. The van der Waals surface area contributed by atoms with E-state index in [0.717, 1.165) is 11.3 Å². The molecule has 2 saturated heterocycles. The van der Waals surface area contributed by atoms with Gasteiger partial charge in [-0.2, -0.15) is 0 Å². The number of carbonyl (C=O) groups excluding carboxylic acids is 2. The van der Waals surface area contributed by atoms with E-state index in [9.17, 15) is 14.7 Å². The molecule has 0 unspecified atom stereocenters. The standard InChI is InChI=1S/C27H26N2O6/c1-3-16-34-19-14-12-17(13-15-19)28-26(31)22-23(20-10-7-11-21(33-2)24(20)30)29(35-25(22)27(28)32)18-8-5-4-6-9-18/h4-15,22-23,25,30H,3,16H2,1-2H3/t22-,23-,25+/m1/s1. The van der Waals surface area contributed by atoms with Gasteiger partial charge in [0.25, 0.3) is 5.91 Å². The molecular formula is C27H26N2O6. The summed E-state index contributed by atoms with van der Waals surface area (Å²) in [6.45, 7) is 2.60. The number of hydrogen-bond acceptors (Lipinski definition) is 7. The number of fused-ring (bicyclic) bond motifs is 1. The lowest BCUT2D eigenvalue weighted by Crippen LogP contribution is -2.37. The van der Waals surface area contributed by atoms with E-state index in [0.29, 0.717) is 29.3 Å². The van der Waals surface area contributed by atoms with Crippen molar-refractivity contribution >= 4 is 23.2 Å². The van der Waals surface area contributed by atoms with Gasteiger partial charge in [-0.15, -0.1) is 0 Å². The van der Waals surface area contributed by atoms with Crippen LogP contribution in [-0.2, 0) is 14.4 Å². The normalized spacial score (nSPS) is 21.4. The molecule has 180 valence electrons. The number of anilines is 2. The Balaban J connectivity index is 1.54. The highest BCUT2D eigenvalue weighted by atomic mass is 16.7. The van der Waals surface area contributed by atoms with Gasteiger partial charge >= 0.3 is 0 Å². The monoisotopic (exact) mass is 474 g/mol. The Hall–Kier alpha value is -4.04. The highest BCUT2D eigenvalue weighted by Crippen LogP contribution is 2.50. The van der Waals surface area contributed by atoms with Gasteiger partial charge in [0.2, 0.25) is 5.91 Å². The number of benzene rings is 3. The van der Waals surface area contributed by atoms with E-state index in [2.05, 4.69) is 0 Å². The zero-order valence-electron chi connectivity index (χ0n) is 19.5. The number of aromatic hydroxyl groups is 1. The molecule has 35 heavy (non-hydrogen) atoms. The summed E-state index contributed by atoms with van der Waals surface area (Å²) < 4.78 is 10.9. The zero-order valence-corrected chi connectivity index (χ0v) is 19.5. The second kappa shape index (κ2) is 9.31. The highest BCUT2D eigenvalue weighted by Gasteiger charge is 2.60. The number of phenolic OH excluding ortho intramolecular Hbond substituents is 1. The second-order valence-electron chi connectivity index (χ2n) is 8.41. The van der Waals surface area contributed by atoms with Gasteiger partial charge in [-0.25, -0.2) is 9.96 Å². The summed E-state index contributed by atoms with van der Waals surface area (Å²) >= 11 is 0. The number of hydrogen-bond donors (Lipinski definition) is 1. The molecule has 2 fully saturated rings. The first-order valence-electron chi connectivity index (χ1n) is 11.5. The van der Waals surface area contributed by atoms with Crippen LogP contribution in [0.4, 0.5) is 11.4 Å². The van der Waals surface area contributed by atoms with Crippen LogP contribution in [0.1, 0.15) is 24.9 Å². The largest absolute Gasteiger partial charge is 0.504 e. The molecule has 2 heterocycles. The van der Waals surface area contributed by atoms with Crippen LogP contribution in [0.2, 0.25) is 0 Å². The summed E-state index contributed by atoms with van der Waals surface area (Å²) in [5.74, 6) is -0.866. The van der Waals surface area contributed by atoms with Crippen LogP contribution in [-0.4, -0.2) is 36.7 Å². The van der Waals surface area contributed by atoms with Crippen molar-refractivity contribution in [2.24, 2.45) is 5.92 Å². The molecule has 0 bridgehead atoms. The predicted octanol–water partition coefficient (Wildman–Crippen LogP) is 4.24. The van der Waals surface area contributed by atoms with Crippen molar-refractivity contribution < 1.29 is 29.0 Å². The predicted molar refractivity (Wildman–Crippen MR) is 129 cm³/mol. The Morgan fingerprint density at radius 3 is 2.34 bits per heavy atom. The molecule has 2 aliphatic heterocycles. The Bertz CT molecular complexity index is 1230. The molecular weight excluding hydrogens is 448 g/mol. The van der Waals surface area contributed by atoms with E-state index < -0.39 is 29.9 Å². The Kier molecular flexibility index (Phi) is 6.05. The first-order valence-corrected chi connectivity index (χ1v) is 11.5. The number of ether oxygens (including phenoxy) is 2. The number of phenols is 1. The molecule has 0 spiro atoms. The van der Waals surface area contributed by atoms with E-state index >= 15 is 0 Å². The number of carbonyl (C=O) groups is 2. The van der Waals surface area contributed by atoms with Crippen molar-refractivity contribution in [1.82, 2.24) is 0 Å². The van der Waals surface area contributed by atoms with E-state index in [1.165, 1.54) is 7.11 Å². The summed E-state index contributed by atoms with van der Waals surface area (Å²) in [7, 11) is 1.46. The molecule has 1 N–H and O–H groups in total. The van der Waals surface area contributed by atoms with Crippen molar-refractivity contribution in [1.29, 1.82) is 0 Å². The Morgan fingerprint density at radius 1 is 0.914 bits per heavy atom. The molecule has 3 aromatic rings. The maximum atomic E-state index is 13.7. The minimum atomic E-state index is -1.03. The fourth-order valence-corrected chi connectivity index (χ4v) is 4.64. The quantitative estimate of drug-likeness (QED) is 0.513. The van der Waals surface area contributed by atoms with E-state index in [4.69, 9.17) is 14.3 Å². The number of amides is 2. The number of nitrogens with zero attached hydrogens (tertiary/aromatic N) is 2. The van der Waals surface area contributed by atoms with Crippen molar-refractivity contribution in [2.75, 3.05) is 23.7 Å². The maximum absolute atomic E-state index is 13.7. The summed E-state index contributed by atoms with van der Waals surface area (Å²) in [6, 6.07) is 20.4. The van der Waals surface area contributed by atoms with Crippen molar-refractivity contribution in [3.05, 3.63) is 78.4 Å². The molecule has 2 aliphatic rings. The molecule has 0 aromatic heterocycles. The third-order valence-electron chi connectivity index (χ3n) is 6.26. The Morgan fingerprint density at radius 2 is 1.66 bits per heavy atom. The summed E-state index contributed by atoms with van der Waals surface area (Å²) in [5, 5.41) is 12.5. The lowest BCUT2D eigenvalue weighted by atomic mass is 9.90. The SMILES string of the molecule is CCCOc1ccc(N2C(=O)[C@H]3[C@H](ON(c4ccccc4)[C@@H]3c3cccc(OC)c3O)C2=O)cc1. The van der Waals surface area contributed by atoms with E-state index in [-0.39, 0.29) is 11.5 Å². The lowest BCUT2D eigenvalue weighted by Gasteiger charge is -2.29. The van der Waals surface area contributed by atoms with Crippen LogP contribution in [0.3, 0.4) is 0 Å². The van der Waals surface area contributed by atoms with E-state index in [1.54, 1.807) is 47.5 Å². The first kappa shape index (κ1) is 22.7. The second-order valence-corrected chi connectivity index (χ2v) is 8.41. The van der Waals surface area contributed by atoms with E-state index in [1.807, 2.05) is 37.3 Å². The molecule has 0 aliphatic carbocycles. The van der Waals surface area contributed by atoms with Gasteiger partial charge in [-0.05, 0) is 48.9 Å². The van der Waals surface area contributed by atoms with Crippen LogP contribution < -0.4 is 19.4 Å². The molecule has 3 atom stereocenters. The number of imide groups is 1. The lowest BCUT2D eigenvalue weighted by molar-refractivity contribution is -0.126. The average molecular weight is 475 g/mol. The van der Waals surface area contributed by atoms with Gasteiger partial charge in [-0.1, -0.05) is 37.3 Å². The van der Waals surface area contributed by atoms with Gasteiger partial charge in [0.1, 0.15) is 17.7 Å². The summed E-state index contributed by atoms with van der Waals surface area (Å²) in [4.78, 5) is 34.5. The summed E-state index contributed by atoms with van der Waals surface area (Å²) in [5.41, 5.74) is 1.55. The van der Waals surface area contributed by atoms with Gasteiger partial charge in [0.05, 0.1) is 25.1 Å². The number of hydroxylamine groups is 1. The van der Waals surface area contributed by atoms with Gasteiger partial charge in [0, 0.05) is 5.56 Å². The van der Waals surface area contributed by atoms with Gasteiger partial charge in [0.15, 0.2) is 17.6 Å². The minimum absolute atomic E-state index is 0.0960. The molecule has 3 aromatic carbocycles. The van der Waals surface area contributed by atoms with Crippen LogP contribution in [0.25, 0.3) is 0 Å². The Labute approximate surface area is 203 Å². The van der Waals surface area contributed by atoms with Crippen LogP contribution in [0, 0.1) is 5.92 Å². The fourth-order valence-electron chi connectivity index (χ4n) is 4.64. The zero-order chi connectivity index (χ0) is 24.5. The molecule has 2 amide bonds. The van der Waals surface area contributed by atoms with Crippen molar-refractivity contribution in [3.63, 3.8) is 0 Å². The smallest absolute Gasteiger partial charge is 0.266 e. The molecule has 0 saturated carbocycles. The first-order chi connectivity index (χ1) is 17.0. The summed E-state index contributed by atoms with van der Waals surface area (Å²) in [6.07, 6.45) is -0.156. The highest BCUT2D eigenvalue weighted by molar-refractivity contribution is 6.24.